The van der Waals surface area contributed by atoms with E-state index in [1.54, 1.807) is 6.07 Å². The number of anilines is 1. The molecule has 0 fully saturated rings. The van der Waals surface area contributed by atoms with Crippen molar-refractivity contribution >= 4 is 23.2 Å². The summed E-state index contributed by atoms with van der Waals surface area (Å²) in [5, 5.41) is 12.0. The molecule has 0 unspecified atom stereocenters. The first kappa shape index (κ1) is 12.8. The second-order valence-corrected chi connectivity index (χ2v) is 4.33. The van der Waals surface area contributed by atoms with Gasteiger partial charge in [0.05, 0.1) is 11.1 Å². The summed E-state index contributed by atoms with van der Waals surface area (Å²) in [7, 11) is 0. The van der Waals surface area contributed by atoms with Crippen LogP contribution >= 0.6 is 11.6 Å². The summed E-state index contributed by atoms with van der Waals surface area (Å²) >= 11 is 5.71. The smallest absolute Gasteiger partial charge is 0.241 e. The number of aromatic hydroxyl groups is 1. The fourth-order valence-corrected chi connectivity index (χ4v) is 1.29. The Labute approximate surface area is 99.4 Å². The number of phenolic OH excluding ortho intramolecular Hbond substituents is 1. The van der Waals surface area contributed by atoms with Crippen molar-refractivity contribution in [3.05, 3.63) is 23.2 Å². The monoisotopic (exact) mass is 242 g/mol. The van der Waals surface area contributed by atoms with Crippen LogP contribution < -0.4 is 11.1 Å². The second-order valence-electron chi connectivity index (χ2n) is 3.93. The minimum absolute atomic E-state index is 0.0205. The maximum absolute atomic E-state index is 11.6. The van der Waals surface area contributed by atoms with Gasteiger partial charge in [-0.1, -0.05) is 25.4 Å². The first-order valence-corrected chi connectivity index (χ1v) is 5.34. The van der Waals surface area contributed by atoms with Crippen molar-refractivity contribution in [2.45, 2.75) is 19.9 Å². The molecule has 0 radical (unpaired) electrons. The Morgan fingerprint density at radius 3 is 2.62 bits per heavy atom. The summed E-state index contributed by atoms with van der Waals surface area (Å²) in [5.74, 6) is -0.225. The molecule has 5 heteroatoms. The van der Waals surface area contributed by atoms with E-state index < -0.39 is 6.04 Å². The standard InChI is InChI=1S/C11H15ClN2O2/c1-6(2)10(13)11(16)14-7-3-4-9(15)8(12)5-7/h3-6,10,15H,13H2,1-2H3,(H,14,16)/t10-/m0/s1. The lowest BCUT2D eigenvalue weighted by Gasteiger charge is -2.15. The molecule has 0 saturated heterocycles. The Bertz CT molecular complexity index is 394. The van der Waals surface area contributed by atoms with E-state index in [9.17, 15) is 9.90 Å². The molecule has 88 valence electrons. The maximum Gasteiger partial charge on any atom is 0.241 e. The van der Waals surface area contributed by atoms with Gasteiger partial charge in [-0.2, -0.15) is 0 Å². The molecule has 0 aliphatic carbocycles. The molecular formula is C11H15ClN2O2. The normalized spacial score (nSPS) is 12.6. The third kappa shape index (κ3) is 3.12. The summed E-state index contributed by atoms with van der Waals surface area (Å²) < 4.78 is 0. The zero-order valence-electron chi connectivity index (χ0n) is 9.20. The van der Waals surface area contributed by atoms with Gasteiger partial charge in [0.1, 0.15) is 5.75 Å². The number of benzene rings is 1. The lowest BCUT2D eigenvalue weighted by Crippen LogP contribution is -2.39. The van der Waals surface area contributed by atoms with Crippen LogP contribution in [0.5, 0.6) is 5.75 Å². The van der Waals surface area contributed by atoms with Crippen LogP contribution in [0.3, 0.4) is 0 Å². The second kappa shape index (κ2) is 5.18. The van der Waals surface area contributed by atoms with Gasteiger partial charge in [0, 0.05) is 5.69 Å². The van der Waals surface area contributed by atoms with E-state index in [4.69, 9.17) is 17.3 Å². The molecule has 0 aromatic heterocycles. The van der Waals surface area contributed by atoms with Gasteiger partial charge in [0.25, 0.3) is 0 Å². The summed E-state index contributed by atoms with van der Waals surface area (Å²) in [6.45, 7) is 3.74. The van der Waals surface area contributed by atoms with Crippen LogP contribution in [-0.4, -0.2) is 17.1 Å². The summed E-state index contributed by atoms with van der Waals surface area (Å²) in [4.78, 5) is 11.6. The molecule has 1 aromatic carbocycles. The average molecular weight is 243 g/mol. The topological polar surface area (TPSA) is 75.4 Å². The number of hydrogen-bond donors (Lipinski definition) is 3. The zero-order chi connectivity index (χ0) is 12.3. The fourth-order valence-electron chi connectivity index (χ4n) is 1.11. The Hall–Kier alpha value is -1.26. The van der Waals surface area contributed by atoms with Crippen molar-refractivity contribution in [1.82, 2.24) is 0 Å². The lowest BCUT2D eigenvalue weighted by atomic mass is 10.1. The van der Waals surface area contributed by atoms with Crippen molar-refractivity contribution in [2.24, 2.45) is 11.7 Å². The van der Waals surface area contributed by atoms with Gasteiger partial charge in [-0.05, 0) is 24.1 Å². The Kier molecular flexibility index (Phi) is 4.15. The molecule has 1 atom stereocenters. The highest BCUT2D eigenvalue weighted by atomic mass is 35.5. The number of hydrogen-bond acceptors (Lipinski definition) is 3. The third-order valence-electron chi connectivity index (χ3n) is 2.24. The first-order chi connectivity index (χ1) is 7.41. The number of nitrogens with one attached hydrogen (secondary N) is 1. The van der Waals surface area contributed by atoms with Gasteiger partial charge in [0.15, 0.2) is 0 Å². The minimum atomic E-state index is -0.562. The maximum atomic E-state index is 11.6. The number of phenols is 1. The number of halogens is 1. The molecule has 4 nitrogen and oxygen atoms in total. The minimum Gasteiger partial charge on any atom is -0.506 e. The number of nitrogens with two attached hydrogens (primary N) is 1. The number of carbonyl (C=O) groups excluding carboxylic acids is 1. The molecule has 0 aliphatic heterocycles. The van der Waals surface area contributed by atoms with Crippen molar-refractivity contribution in [3.8, 4) is 5.75 Å². The molecule has 0 saturated carbocycles. The summed E-state index contributed by atoms with van der Waals surface area (Å²) in [5.41, 5.74) is 6.20. The van der Waals surface area contributed by atoms with Gasteiger partial charge in [-0.3, -0.25) is 4.79 Å². The summed E-state index contributed by atoms with van der Waals surface area (Å²) in [6.07, 6.45) is 0. The van der Waals surface area contributed by atoms with Crippen molar-refractivity contribution in [1.29, 1.82) is 0 Å². The van der Waals surface area contributed by atoms with Crippen LogP contribution in [0.4, 0.5) is 5.69 Å². The molecule has 16 heavy (non-hydrogen) atoms. The van der Waals surface area contributed by atoms with E-state index in [2.05, 4.69) is 5.32 Å². The van der Waals surface area contributed by atoms with Crippen LogP contribution in [0.25, 0.3) is 0 Å². The van der Waals surface area contributed by atoms with Crippen molar-refractivity contribution in [3.63, 3.8) is 0 Å². The van der Waals surface area contributed by atoms with Gasteiger partial charge in [0.2, 0.25) is 5.91 Å². The highest BCUT2D eigenvalue weighted by Gasteiger charge is 2.17. The largest absolute Gasteiger partial charge is 0.506 e. The van der Waals surface area contributed by atoms with E-state index in [1.165, 1.54) is 12.1 Å². The van der Waals surface area contributed by atoms with E-state index in [1.807, 2.05) is 13.8 Å². The van der Waals surface area contributed by atoms with Gasteiger partial charge in [-0.15, -0.1) is 0 Å². The van der Waals surface area contributed by atoms with Crippen LogP contribution in [-0.2, 0) is 4.79 Å². The first-order valence-electron chi connectivity index (χ1n) is 4.96. The molecular weight excluding hydrogens is 228 g/mol. The van der Waals surface area contributed by atoms with E-state index in [-0.39, 0.29) is 22.6 Å². The highest BCUT2D eigenvalue weighted by molar-refractivity contribution is 6.32. The zero-order valence-corrected chi connectivity index (χ0v) is 9.95. The van der Waals surface area contributed by atoms with E-state index >= 15 is 0 Å². The van der Waals surface area contributed by atoms with Gasteiger partial charge >= 0.3 is 0 Å². The van der Waals surface area contributed by atoms with Crippen molar-refractivity contribution < 1.29 is 9.90 Å². The van der Waals surface area contributed by atoms with Gasteiger partial charge in [-0.25, -0.2) is 0 Å². The van der Waals surface area contributed by atoms with Crippen LogP contribution in [0, 0.1) is 5.92 Å². The van der Waals surface area contributed by atoms with Crippen LogP contribution in [0.15, 0.2) is 18.2 Å². The number of carbonyl (C=O) groups is 1. The third-order valence-corrected chi connectivity index (χ3v) is 2.54. The molecule has 4 N–H and O–H groups in total. The number of amides is 1. The predicted octanol–water partition coefficient (Wildman–Crippen LogP) is 1.97. The summed E-state index contributed by atoms with van der Waals surface area (Å²) in [6, 6.07) is 3.89. The number of rotatable bonds is 3. The Balaban J connectivity index is 2.74. The quantitative estimate of drug-likeness (QED) is 0.710. The molecule has 0 aliphatic rings. The molecule has 1 rings (SSSR count). The lowest BCUT2D eigenvalue weighted by molar-refractivity contribution is -0.118. The van der Waals surface area contributed by atoms with Crippen LogP contribution in [0.2, 0.25) is 5.02 Å². The molecule has 1 amide bonds. The molecule has 0 bridgehead atoms. The average Bonchev–Trinajstić information content (AvgIpc) is 2.22. The molecule has 0 heterocycles. The van der Waals surface area contributed by atoms with E-state index in [0.29, 0.717) is 5.69 Å². The van der Waals surface area contributed by atoms with Crippen LogP contribution in [0.1, 0.15) is 13.8 Å². The predicted molar refractivity (Wildman–Crippen MR) is 64.6 cm³/mol. The fraction of sp³-hybridized carbons (Fsp3) is 0.364. The Morgan fingerprint density at radius 2 is 2.12 bits per heavy atom. The molecule has 1 aromatic rings. The highest BCUT2D eigenvalue weighted by Crippen LogP contribution is 2.26. The molecule has 0 spiro atoms. The van der Waals surface area contributed by atoms with Gasteiger partial charge < -0.3 is 16.2 Å². The van der Waals surface area contributed by atoms with E-state index in [0.717, 1.165) is 0 Å². The SMILES string of the molecule is CC(C)[C@H](N)C(=O)Nc1ccc(O)c(Cl)c1. The van der Waals surface area contributed by atoms with Crippen molar-refractivity contribution in [2.75, 3.05) is 5.32 Å². The Morgan fingerprint density at radius 1 is 1.50 bits per heavy atom.